The molecule has 0 saturated heterocycles. The van der Waals surface area contributed by atoms with Crippen LogP contribution in [0.25, 0.3) is 0 Å². The van der Waals surface area contributed by atoms with Gasteiger partial charge < -0.3 is 5.32 Å². The number of hydrogen-bond donors (Lipinski definition) is 1. The number of anilines is 1. The van der Waals surface area contributed by atoms with Crippen LogP contribution in [-0.4, -0.2) is 26.2 Å². The number of aromatic nitrogens is 2. The molecule has 0 aliphatic carbocycles. The van der Waals surface area contributed by atoms with Crippen molar-refractivity contribution in [1.29, 1.82) is 0 Å². The van der Waals surface area contributed by atoms with Crippen molar-refractivity contribution in [2.24, 2.45) is 7.05 Å². The smallest absolute Gasteiger partial charge is 0.299 e. The lowest BCUT2D eigenvalue weighted by Gasteiger charge is -2.07. The number of nitro groups is 2. The summed E-state index contributed by atoms with van der Waals surface area (Å²) < 4.78 is 1.71. The molecule has 0 saturated carbocycles. The van der Waals surface area contributed by atoms with Gasteiger partial charge in [-0.15, -0.1) is 0 Å². The van der Waals surface area contributed by atoms with Crippen molar-refractivity contribution in [3.63, 3.8) is 0 Å². The lowest BCUT2D eigenvalue weighted by atomic mass is 10.2. The minimum absolute atomic E-state index is 0.257. The van der Waals surface area contributed by atoms with Gasteiger partial charge in [0.25, 0.3) is 11.4 Å². The Hall–Kier alpha value is -2.97. The number of non-ortho nitro benzene ring substituents is 1. The number of nitro benzene ring substituents is 2. The first kappa shape index (κ1) is 14.4. The van der Waals surface area contributed by atoms with Gasteiger partial charge in [0, 0.05) is 38.0 Å². The lowest BCUT2D eigenvalue weighted by molar-refractivity contribution is -0.393. The van der Waals surface area contributed by atoms with Gasteiger partial charge in [0.1, 0.15) is 5.69 Å². The Kier molecular flexibility index (Phi) is 4.12. The fourth-order valence-electron chi connectivity index (χ4n) is 1.91. The van der Waals surface area contributed by atoms with E-state index in [2.05, 4.69) is 10.4 Å². The Bertz CT molecular complexity index is 682. The molecule has 0 amide bonds. The van der Waals surface area contributed by atoms with Gasteiger partial charge in [-0.1, -0.05) is 0 Å². The maximum atomic E-state index is 11.0. The number of nitrogens with zero attached hydrogens (tertiary/aromatic N) is 4. The number of rotatable bonds is 6. The molecule has 0 atom stereocenters. The molecule has 2 rings (SSSR count). The van der Waals surface area contributed by atoms with E-state index < -0.39 is 9.85 Å². The maximum absolute atomic E-state index is 11.0. The van der Waals surface area contributed by atoms with Crippen LogP contribution in [0.15, 0.2) is 30.5 Å². The molecule has 1 aromatic carbocycles. The van der Waals surface area contributed by atoms with Crippen LogP contribution in [0.2, 0.25) is 0 Å². The third-order valence-corrected chi connectivity index (χ3v) is 3.01. The van der Waals surface area contributed by atoms with E-state index in [1.54, 1.807) is 10.9 Å². The molecule has 0 radical (unpaired) electrons. The first-order valence-corrected chi connectivity index (χ1v) is 6.12. The zero-order valence-electron chi connectivity index (χ0n) is 11.2. The largest absolute Gasteiger partial charge is 0.379 e. The molecule has 9 nitrogen and oxygen atoms in total. The Labute approximate surface area is 119 Å². The standard InChI is InChI=1S/C12H13N5O4/c1-15-9(5-7-14-15)4-6-13-11-3-2-10(16(18)19)8-12(11)17(20)21/h2-3,5,7-8,13H,4,6H2,1H3. The average molecular weight is 291 g/mol. The van der Waals surface area contributed by atoms with Gasteiger partial charge in [0.2, 0.25) is 0 Å². The van der Waals surface area contributed by atoms with Crippen LogP contribution in [-0.2, 0) is 13.5 Å². The molecular formula is C12H13N5O4. The van der Waals surface area contributed by atoms with Crippen molar-refractivity contribution in [3.05, 3.63) is 56.4 Å². The van der Waals surface area contributed by atoms with E-state index in [9.17, 15) is 20.2 Å². The zero-order valence-corrected chi connectivity index (χ0v) is 11.2. The summed E-state index contributed by atoms with van der Waals surface area (Å²) in [7, 11) is 1.81. The van der Waals surface area contributed by atoms with Gasteiger partial charge in [-0.2, -0.15) is 5.10 Å². The Morgan fingerprint density at radius 1 is 1.24 bits per heavy atom. The predicted octanol–water partition coefficient (Wildman–Crippen LogP) is 1.89. The summed E-state index contributed by atoms with van der Waals surface area (Å²) in [5.74, 6) is 0. The highest BCUT2D eigenvalue weighted by molar-refractivity contribution is 5.65. The third kappa shape index (κ3) is 3.32. The second-order valence-corrected chi connectivity index (χ2v) is 4.34. The summed E-state index contributed by atoms with van der Waals surface area (Å²) >= 11 is 0. The van der Waals surface area contributed by atoms with Gasteiger partial charge in [-0.25, -0.2) is 0 Å². The van der Waals surface area contributed by atoms with Crippen molar-refractivity contribution < 1.29 is 9.85 Å². The molecule has 0 bridgehead atoms. The Balaban J connectivity index is 2.10. The molecule has 110 valence electrons. The molecule has 1 heterocycles. The van der Waals surface area contributed by atoms with Crippen LogP contribution in [0.5, 0.6) is 0 Å². The minimum atomic E-state index is -0.660. The van der Waals surface area contributed by atoms with E-state index in [0.717, 1.165) is 11.8 Å². The summed E-state index contributed by atoms with van der Waals surface area (Å²) in [5.41, 5.74) is 0.618. The zero-order chi connectivity index (χ0) is 15.4. The summed E-state index contributed by atoms with van der Waals surface area (Å²) in [5, 5.41) is 28.6. The van der Waals surface area contributed by atoms with E-state index in [-0.39, 0.29) is 17.1 Å². The van der Waals surface area contributed by atoms with E-state index in [0.29, 0.717) is 13.0 Å². The van der Waals surface area contributed by atoms with Crippen LogP contribution in [0.1, 0.15) is 5.69 Å². The molecular weight excluding hydrogens is 278 g/mol. The fraction of sp³-hybridized carbons (Fsp3) is 0.250. The van der Waals surface area contributed by atoms with E-state index >= 15 is 0 Å². The SMILES string of the molecule is Cn1nccc1CCNc1ccc([N+](=O)[O-])cc1[N+](=O)[O-]. The molecule has 21 heavy (non-hydrogen) atoms. The highest BCUT2D eigenvalue weighted by Gasteiger charge is 2.19. The molecule has 9 heteroatoms. The molecule has 2 aromatic rings. The van der Waals surface area contributed by atoms with Gasteiger partial charge in [0.15, 0.2) is 0 Å². The number of aryl methyl sites for hydroxylation is 1. The average Bonchev–Trinajstić information content (AvgIpc) is 2.84. The summed E-state index contributed by atoms with van der Waals surface area (Å²) in [4.78, 5) is 20.3. The van der Waals surface area contributed by atoms with Gasteiger partial charge in [-0.3, -0.25) is 24.9 Å². The topological polar surface area (TPSA) is 116 Å². The normalized spacial score (nSPS) is 10.3. The molecule has 1 N–H and O–H groups in total. The number of benzene rings is 1. The molecule has 1 aromatic heterocycles. The van der Waals surface area contributed by atoms with Crippen molar-refractivity contribution >= 4 is 17.1 Å². The van der Waals surface area contributed by atoms with Crippen LogP contribution in [0.4, 0.5) is 17.1 Å². The van der Waals surface area contributed by atoms with Crippen LogP contribution in [0, 0.1) is 20.2 Å². The van der Waals surface area contributed by atoms with Gasteiger partial charge >= 0.3 is 0 Å². The lowest BCUT2D eigenvalue weighted by Crippen LogP contribution is -2.09. The number of hydrogen-bond acceptors (Lipinski definition) is 6. The molecule has 0 fully saturated rings. The summed E-state index contributed by atoms with van der Waals surface area (Å²) in [6.45, 7) is 0.457. The quantitative estimate of drug-likeness (QED) is 0.641. The molecule has 0 aliphatic rings. The maximum Gasteiger partial charge on any atom is 0.299 e. The van der Waals surface area contributed by atoms with Crippen molar-refractivity contribution in [2.75, 3.05) is 11.9 Å². The Morgan fingerprint density at radius 2 is 2.00 bits per heavy atom. The second kappa shape index (κ2) is 5.99. The Morgan fingerprint density at radius 3 is 2.57 bits per heavy atom. The van der Waals surface area contributed by atoms with Gasteiger partial charge in [-0.05, 0) is 12.1 Å². The second-order valence-electron chi connectivity index (χ2n) is 4.34. The highest BCUT2D eigenvalue weighted by atomic mass is 16.6. The van der Waals surface area contributed by atoms with Crippen LogP contribution >= 0.6 is 0 Å². The molecule has 0 spiro atoms. The number of nitrogens with one attached hydrogen (secondary N) is 1. The third-order valence-electron chi connectivity index (χ3n) is 3.01. The predicted molar refractivity (Wildman–Crippen MR) is 75.2 cm³/mol. The van der Waals surface area contributed by atoms with Crippen molar-refractivity contribution in [2.45, 2.75) is 6.42 Å². The monoisotopic (exact) mass is 291 g/mol. The fourth-order valence-corrected chi connectivity index (χ4v) is 1.91. The van der Waals surface area contributed by atoms with Crippen LogP contribution in [0.3, 0.4) is 0 Å². The van der Waals surface area contributed by atoms with Crippen molar-refractivity contribution in [1.82, 2.24) is 9.78 Å². The van der Waals surface area contributed by atoms with E-state index in [1.165, 1.54) is 12.1 Å². The van der Waals surface area contributed by atoms with Crippen LogP contribution < -0.4 is 5.32 Å². The first-order chi connectivity index (χ1) is 9.99. The van der Waals surface area contributed by atoms with Gasteiger partial charge in [0.05, 0.1) is 15.9 Å². The van der Waals surface area contributed by atoms with E-state index in [1.807, 2.05) is 13.1 Å². The first-order valence-electron chi connectivity index (χ1n) is 6.12. The summed E-state index contributed by atoms with van der Waals surface area (Å²) in [6.07, 6.45) is 2.30. The molecule has 0 aliphatic heterocycles. The minimum Gasteiger partial charge on any atom is -0.379 e. The summed E-state index contributed by atoms with van der Waals surface area (Å²) in [6, 6.07) is 5.39. The molecule has 0 unspecified atom stereocenters. The van der Waals surface area contributed by atoms with Crippen molar-refractivity contribution in [3.8, 4) is 0 Å². The van der Waals surface area contributed by atoms with E-state index in [4.69, 9.17) is 0 Å². The highest BCUT2D eigenvalue weighted by Crippen LogP contribution is 2.28.